The van der Waals surface area contributed by atoms with E-state index >= 15 is 0 Å². The van der Waals surface area contributed by atoms with Crippen molar-refractivity contribution in [2.75, 3.05) is 5.73 Å². The fourth-order valence-electron chi connectivity index (χ4n) is 0.725. The summed E-state index contributed by atoms with van der Waals surface area (Å²) in [5.41, 5.74) is 10.0. The first-order chi connectivity index (χ1) is 7.11. The molecule has 0 aliphatic rings. The first kappa shape index (κ1) is 10.6. The van der Waals surface area contributed by atoms with Gasteiger partial charge in [0.05, 0.1) is 0 Å². The molecule has 1 aromatic rings. The molecule has 78 valence electrons. The van der Waals surface area contributed by atoms with Crippen LogP contribution in [0.4, 0.5) is 5.82 Å². The summed E-state index contributed by atoms with van der Waals surface area (Å²) in [6.07, 6.45) is 4.39. The number of carbonyl (C=O) groups excluding carboxylic acids is 2. The topological polar surface area (TPSA) is 121 Å². The van der Waals surface area contributed by atoms with E-state index in [4.69, 9.17) is 11.5 Å². The number of aromatic nitrogens is 2. The Bertz CT molecular complexity index is 416. The second kappa shape index (κ2) is 4.70. The Morgan fingerprint density at radius 1 is 1.33 bits per heavy atom. The molecule has 0 radical (unpaired) electrons. The Morgan fingerprint density at radius 3 is 2.60 bits per heavy atom. The summed E-state index contributed by atoms with van der Waals surface area (Å²) in [6.45, 7) is 0. The molecule has 1 amide bonds. The predicted molar refractivity (Wildman–Crippen MR) is 50.2 cm³/mol. The quantitative estimate of drug-likeness (QED) is 0.381. The zero-order valence-electron chi connectivity index (χ0n) is 7.58. The van der Waals surface area contributed by atoms with Crippen molar-refractivity contribution >= 4 is 17.7 Å². The highest BCUT2D eigenvalue weighted by Crippen LogP contribution is 2.04. The van der Waals surface area contributed by atoms with Crippen LogP contribution in [0.3, 0.4) is 0 Å². The lowest BCUT2D eigenvalue weighted by molar-refractivity contribution is -0.113. The van der Waals surface area contributed by atoms with Crippen LogP contribution in [0.5, 0.6) is 0 Å². The van der Waals surface area contributed by atoms with Crippen molar-refractivity contribution in [1.29, 1.82) is 0 Å². The summed E-state index contributed by atoms with van der Waals surface area (Å²) >= 11 is 0. The molecule has 0 aliphatic heterocycles. The van der Waals surface area contributed by atoms with E-state index in [1.165, 1.54) is 12.4 Å². The SMILES string of the molecule is NC(=O)C=COC(=O)c1nccnc1N. The van der Waals surface area contributed by atoms with E-state index in [0.717, 1.165) is 12.3 Å². The molecule has 0 saturated heterocycles. The molecular weight excluding hydrogens is 200 g/mol. The van der Waals surface area contributed by atoms with Gasteiger partial charge in [-0.1, -0.05) is 0 Å². The first-order valence-corrected chi connectivity index (χ1v) is 3.84. The highest BCUT2D eigenvalue weighted by atomic mass is 16.5. The van der Waals surface area contributed by atoms with Crippen LogP contribution < -0.4 is 11.5 Å². The number of hydrogen-bond acceptors (Lipinski definition) is 6. The van der Waals surface area contributed by atoms with Gasteiger partial charge in [-0.3, -0.25) is 4.79 Å². The standard InChI is InChI=1S/C8H8N4O3/c9-5(13)1-4-15-8(14)6-7(10)12-3-2-11-6/h1-4H,(H2,9,13)(H2,10,12). The fraction of sp³-hybridized carbons (Fsp3) is 0. The van der Waals surface area contributed by atoms with Crippen LogP contribution in [0.1, 0.15) is 10.5 Å². The molecule has 1 aromatic heterocycles. The van der Waals surface area contributed by atoms with Gasteiger partial charge in [0.25, 0.3) is 0 Å². The van der Waals surface area contributed by atoms with Gasteiger partial charge in [0.2, 0.25) is 5.91 Å². The van der Waals surface area contributed by atoms with Crippen molar-refractivity contribution in [3.63, 3.8) is 0 Å². The third kappa shape index (κ3) is 3.07. The van der Waals surface area contributed by atoms with Gasteiger partial charge in [-0.15, -0.1) is 0 Å². The summed E-state index contributed by atoms with van der Waals surface area (Å²) in [7, 11) is 0. The van der Waals surface area contributed by atoms with E-state index in [-0.39, 0.29) is 11.5 Å². The van der Waals surface area contributed by atoms with Crippen LogP contribution >= 0.6 is 0 Å². The lowest BCUT2D eigenvalue weighted by Gasteiger charge is -1.99. The number of nitrogens with two attached hydrogens (primary N) is 2. The van der Waals surface area contributed by atoms with E-state index < -0.39 is 11.9 Å². The van der Waals surface area contributed by atoms with E-state index in [1.54, 1.807) is 0 Å². The molecule has 7 heteroatoms. The van der Waals surface area contributed by atoms with Gasteiger partial charge < -0.3 is 16.2 Å². The van der Waals surface area contributed by atoms with E-state index in [2.05, 4.69) is 14.7 Å². The normalized spacial score (nSPS) is 10.1. The minimum absolute atomic E-state index is 0.0463. The Hall–Kier alpha value is -2.44. The number of nitrogens with zero attached hydrogens (tertiary/aromatic N) is 2. The third-order valence-electron chi connectivity index (χ3n) is 1.33. The van der Waals surface area contributed by atoms with Crippen molar-refractivity contribution in [3.8, 4) is 0 Å². The minimum atomic E-state index is -0.807. The molecule has 4 N–H and O–H groups in total. The number of primary amides is 1. The van der Waals surface area contributed by atoms with Gasteiger partial charge in [-0.2, -0.15) is 0 Å². The summed E-state index contributed by atoms with van der Waals surface area (Å²) < 4.78 is 4.52. The molecule has 0 spiro atoms. The molecular formula is C8H8N4O3. The van der Waals surface area contributed by atoms with Crippen LogP contribution in [-0.4, -0.2) is 21.8 Å². The van der Waals surface area contributed by atoms with E-state index in [9.17, 15) is 9.59 Å². The van der Waals surface area contributed by atoms with Crippen molar-refractivity contribution in [2.45, 2.75) is 0 Å². The molecule has 0 aliphatic carbocycles. The smallest absolute Gasteiger partial charge is 0.365 e. The van der Waals surface area contributed by atoms with Crippen LogP contribution in [0.15, 0.2) is 24.7 Å². The van der Waals surface area contributed by atoms with Crippen molar-refractivity contribution in [1.82, 2.24) is 9.97 Å². The largest absolute Gasteiger partial charge is 0.429 e. The third-order valence-corrected chi connectivity index (χ3v) is 1.33. The molecule has 0 saturated carbocycles. The Morgan fingerprint density at radius 2 is 2.00 bits per heavy atom. The monoisotopic (exact) mass is 208 g/mol. The van der Waals surface area contributed by atoms with Gasteiger partial charge >= 0.3 is 5.97 Å². The average molecular weight is 208 g/mol. The summed E-state index contributed by atoms with van der Waals surface area (Å²) in [5, 5.41) is 0. The van der Waals surface area contributed by atoms with Crippen molar-refractivity contribution in [2.24, 2.45) is 5.73 Å². The second-order valence-corrected chi connectivity index (χ2v) is 2.40. The number of esters is 1. The molecule has 0 unspecified atom stereocenters. The molecule has 0 fully saturated rings. The molecule has 7 nitrogen and oxygen atoms in total. The Labute approximate surface area is 84.8 Å². The lowest BCUT2D eigenvalue weighted by Crippen LogP contribution is -2.10. The highest BCUT2D eigenvalue weighted by Gasteiger charge is 2.12. The number of carbonyl (C=O) groups is 2. The number of ether oxygens (including phenoxy) is 1. The van der Waals surface area contributed by atoms with E-state index in [1.807, 2.05) is 0 Å². The van der Waals surface area contributed by atoms with Gasteiger partial charge in [-0.05, 0) is 0 Å². The molecule has 0 atom stereocenters. The van der Waals surface area contributed by atoms with Crippen LogP contribution in [-0.2, 0) is 9.53 Å². The summed E-state index contributed by atoms with van der Waals surface area (Å²) in [5.74, 6) is -1.58. The summed E-state index contributed by atoms with van der Waals surface area (Å²) in [4.78, 5) is 28.8. The average Bonchev–Trinajstić information content (AvgIpc) is 2.17. The summed E-state index contributed by atoms with van der Waals surface area (Å²) in [6, 6.07) is 0. The van der Waals surface area contributed by atoms with Gasteiger partial charge in [-0.25, -0.2) is 14.8 Å². The molecule has 0 bridgehead atoms. The maximum atomic E-state index is 11.2. The Balaban J connectivity index is 2.70. The second-order valence-electron chi connectivity index (χ2n) is 2.40. The molecule has 1 heterocycles. The predicted octanol–water partition coefficient (Wildman–Crippen LogP) is -0.785. The van der Waals surface area contributed by atoms with Crippen LogP contribution in [0, 0.1) is 0 Å². The number of hydrogen-bond donors (Lipinski definition) is 2. The minimum Gasteiger partial charge on any atom is -0.429 e. The van der Waals surface area contributed by atoms with Crippen LogP contribution in [0.2, 0.25) is 0 Å². The fourth-order valence-corrected chi connectivity index (χ4v) is 0.725. The number of amides is 1. The zero-order valence-corrected chi connectivity index (χ0v) is 7.58. The first-order valence-electron chi connectivity index (χ1n) is 3.84. The number of anilines is 1. The van der Waals surface area contributed by atoms with Gasteiger partial charge in [0.15, 0.2) is 11.5 Å². The van der Waals surface area contributed by atoms with Gasteiger partial charge in [0, 0.05) is 18.5 Å². The van der Waals surface area contributed by atoms with Crippen molar-refractivity contribution < 1.29 is 14.3 Å². The molecule has 15 heavy (non-hydrogen) atoms. The zero-order chi connectivity index (χ0) is 11.3. The maximum absolute atomic E-state index is 11.2. The lowest BCUT2D eigenvalue weighted by atomic mass is 10.4. The van der Waals surface area contributed by atoms with Crippen LogP contribution in [0.25, 0.3) is 0 Å². The van der Waals surface area contributed by atoms with Gasteiger partial charge in [0.1, 0.15) is 6.26 Å². The Kier molecular flexibility index (Phi) is 3.33. The molecule has 1 rings (SSSR count). The number of rotatable bonds is 3. The maximum Gasteiger partial charge on any atom is 0.365 e. The van der Waals surface area contributed by atoms with Crippen molar-refractivity contribution in [3.05, 3.63) is 30.4 Å². The molecule has 0 aromatic carbocycles. The number of nitrogen functional groups attached to an aromatic ring is 1. The van der Waals surface area contributed by atoms with E-state index in [0.29, 0.717) is 0 Å². The highest BCUT2D eigenvalue weighted by molar-refractivity contribution is 5.92.